The fourth-order valence-electron chi connectivity index (χ4n) is 5.50. The Kier molecular flexibility index (Phi) is 7.88. The maximum Gasteiger partial charge on any atom is 0.319 e. The van der Waals surface area contributed by atoms with Gasteiger partial charge in [0.05, 0.1) is 30.2 Å². The summed E-state index contributed by atoms with van der Waals surface area (Å²) < 4.78 is 32.3. The molecule has 10 nitrogen and oxygen atoms in total. The number of hydrogen-bond donors (Lipinski definition) is 3. The third-order valence-corrected chi connectivity index (χ3v) is 10.8. The number of aliphatic hydroxyl groups excluding tert-OH is 1. The summed E-state index contributed by atoms with van der Waals surface area (Å²) in [5.74, 6) is 1.20. The summed E-state index contributed by atoms with van der Waals surface area (Å²) in [6.07, 6.45) is 4.88. The van der Waals surface area contributed by atoms with E-state index in [1.165, 1.54) is 0 Å². The van der Waals surface area contributed by atoms with E-state index in [0.29, 0.717) is 62.8 Å². The van der Waals surface area contributed by atoms with Crippen molar-refractivity contribution >= 4 is 27.4 Å². The van der Waals surface area contributed by atoms with Crippen molar-refractivity contribution in [3.05, 3.63) is 36.0 Å². The fraction of sp³-hybridized carbons (Fsp3) is 0.593. The lowest BCUT2D eigenvalue weighted by Crippen LogP contribution is -2.44. The number of nitrogens with one attached hydrogen (secondary N) is 2. The quantitative estimate of drug-likeness (QED) is 0.411. The number of hydrogen-bond acceptors (Lipinski definition) is 8. The second kappa shape index (κ2) is 11.2. The third kappa shape index (κ3) is 5.37. The van der Waals surface area contributed by atoms with Gasteiger partial charge < -0.3 is 25.4 Å². The second-order valence-electron chi connectivity index (χ2n) is 10.5. The smallest absolute Gasteiger partial charge is 0.319 e. The van der Waals surface area contributed by atoms with E-state index in [1.807, 2.05) is 18.2 Å². The van der Waals surface area contributed by atoms with Gasteiger partial charge in [-0.15, -0.1) is 0 Å². The van der Waals surface area contributed by atoms with Crippen LogP contribution >= 0.6 is 0 Å². The van der Waals surface area contributed by atoms with Gasteiger partial charge >= 0.3 is 6.03 Å². The molecule has 1 aromatic heterocycles. The van der Waals surface area contributed by atoms with Gasteiger partial charge in [-0.25, -0.2) is 23.2 Å². The summed E-state index contributed by atoms with van der Waals surface area (Å²) in [7, 11) is -3.37. The Bertz CT molecular complexity index is 1240. The Hall–Kier alpha value is -2.76. The number of carbonyl (C=O) groups excluding carboxylic acids is 1. The normalized spacial score (nSPS) is 21.3. The van der Waals surface area contributed by atoms with Gasteiger partial charge in [0.15, 0.2) is 15.7 Å². The molecule has 206 valence electrons. The minimum Gasteiger partial charge on any atom is -0.396 e. The van der Waals surface area contributed by atoms with Crippen LogP contribution in [-0.2, 0) is 19.3 Å². The van der Waals surface area contributed by atoms with Gasteiger partial charge in [0, 0.05) is 37.0 Å². The van der Waals surface area contributed by atoms with E-state index in [2.05, 4.69) is 22.5 Å². The predicted octanol–water partition coefficient (Wildman–Crippen LogP) is 3.22. The van der Waals surface area contributed by atoms with Gasteiger partial charge in [-0.3, -0.25) is 0 Å². The van der Waals surface area contributed by atoms with Gasteiger partial charge in [-0.05, 0) is 63.3 Å². The highest BCUT2D eigenvalue weighted by Gasteiger charge is 2.55. The Morgan fingerprint density at radius 3 is 2.58 bits per heavy atom. The number of rotatable bonds is 9. The Morgan fingerprint density at radius 1 is 1.18 bits per heavy atom. The molecule has 0 unspecified atom stereocenters. The van der Waals surface area contributed by atoms with Crippen LogP contribution in [-0.4, -0.2) is 73.7 Å². The first-order valence-electron chi connectivity index (χ1n) is 13.6. The van der Waals surface area contributed by atoms with Crippen LogP contribution in [0.25, 0.3) is 11.4 Å². The number of amides is 2. The van der Waals surface area contributed by atoms with Gasteiger partial charge in [-0.1, -0.05) is 12.8 Å². The van der Waals surface area contributed by atoms with Crippen molar-refractivity contribution in [3.8, 4) is 11.4 Å². The molecule has 0 spiro atoms. The van der Waals surface area contributed by atoms with Crippen molar-refractivity contribution in [1.82, 2.24) is 15.3 Å². The summed E-state index contributed by atoms with van der Waals surface area (Å²) in [6.45, 7) is 4.33. The summed E-state index contributed by atoms with van der Waals surface area (Å²) in [6, 6.07) is 8.90. The predicted molar refractivity (Wildman–Crippen MR) is 146 cm³/mol. The van der Waals surface area contributed by atoms with E-state index >= 15 is 0 Å². The average Bonchev–Trinajstić information content (AvgIpc) is 3.66. The average molecular weight is 544 g/mol. The molecular formula is C27H37N5O5S. The number of aliphatic hydroxyl groups is 1. The zero-order valence-electron chi connectivity index (χ0n) is 21.9. The number of aromatic nitrogens is 2. The lowest BCUT2D eigenvalue weighted by atomic mass is 10.0. The molecule has 2 saturated carbocycles. The van der Waals surface area contributed by atoms with Crippen LogP contribution in [0.4, 0.5) is 16.3 Å². The molecule has 5 rings (SSSR count). The van der Waals surface area contributed by atoms with Gasteiger partial charge in [-0.2, -0.15) is 0 Å². The third-order valence-electron chi connectivity index (χ3n) is 7.78. The topological polar surface area (TPSA) is 134 Å². The SMILES string of the molecule is C[C@H]1COCCN1c1cc(C2(S(=O)(=O)C3CC3)CCCC2)nc(-c2ccc(NC(=O)NCCCO)cc2)n1. The summed E-state index contributed by atoms with van der Waals surface area (Å²) in [5.41, 5.74) is 1.96. The molecule has 2 amide bonds. The molecule has 3 fully saturated rings. The molecule has 3 N–H and O–H groups in total. The Labute approximate surface area is 224 Å². The van der Waals surface area contributed by atoms with Crippen molar-refractivity contribution in [2.75, 3.05) is 43.1 Å². The second-order valence-corrected chi connectivity index (χ2v) is 13.1. The molecule has 1 aliphatic heterocycles. The molecule has 38 heavy (non-hydrogen) atoms. The highest BCUT2D eigenvalue weighted by atomic mass is 32.2. The van der Waals surface area contributed by atoms with E-state index in [1.54, 1.807) is 12.1 Å². The van der Waals surface area contributed by atoms with Gasteiger partial charge in [0.2, 0.25) is 0 Å². The van der Waals surface area contributed by atoms with Crippen LogP contribution < -0.4 is 15.5 Å². The van der Waals surface area contributed by atoms with Crippen LogP contribution in [0.1, 0.15) is 57.6 Å². The summed E-state index contributed by atoms with van der Waals surface area (Å²) in [4.78, 5) is 24.1. The van der Waals surface area contributed by atoms with Crippen LogP contribution in [0.5, 0.6) is 0 Å². The maximum absolute atomic E-state index is 13.8. The van der Waals surface area contributed by atoms with E-state index in [4.69, 9.17) is 19.8 Å². The maximum atomic E-state index is 13.8. The van der Waals surface area contributed by atoms with Crippen molar-refractivity contribution in [3.63, 3.8) is 0 Å². The summed E-state index contributed by atoms with van der Waals surface area (Å²) >= 11 is 0. The van der Waals surface area contributed by atoms with Crippen molar-refractivity contribution in [2.24, 2.45) is 0 Å². The molecule has 2 aromatic rings. The molecule has 1 atom stereocenters. The number of carbonyl (C=O) groups is 1. The molecule has 2 heterocycles. The van der Waals surface area contributed by atoms with Crippen LogP contribution in [0.3, 0.4) is 0 Å². The first-order chi connectivity index (χ1) is 18.3. The monoisotopic (exact) mass is 543 g/mol. The first-order valence-corrected chi connectivity index (χ1v) is 15.1. The van der Waals surface area contributed by atoms with E-state index < -0.39 is 14.6 Å². The highest BCUT2D eigenvalue weighted by molar-refractivity contribution is 7.93. The molecule has 0 radical (unpaired) electrons. The molecule has 1 saturated heterocycles. The largest absolute Gasteiger partial charge is 0.396 e. The number of urea groups is 1. The molecule has 0 bridgehead atoms. The lowest BCUT2D eigenvalue weighted by Gasteiger charge is -2.36. The molecule has 11 heteroatoms. The van der Waals surface area contributed by atoms with E-state index in [-0.39, 0.29) is 23.9 Å². The molecule has 3 aliphatic rings. The number of morpholine rings is 1. The van der Waals surface area contributed by atoms with E-state index in [0.717, 1.165) is 37.1 Å². The number of ether oxygens (including phenoxy) is 1. The van der Waals surface area contributed by atoms with Crippen LogP contribution in [0, 0.1) is 0 Å². The van der Waals surface area contributed by atoms with Crippen molar-refractivity contribution < 1.29 is 23.1 Å². The van der Waals surface area contributed by atoms with Crippen LogP contribution in [0.2, 0.25) is 0 Å². The number of nitrogens with zero attached hydrogens (tertiary/aromatic N) is 3. The number of sulfone groups is 1. The van der Waals surface area contributed by atoms with Crippen LogP contribution in [0.15, 0.2) is 30.3 Å². The number of benzene rings is 1. The minimum absolute atomic E-state index is 0.0164. The van der Waals surface area contributed by atoms with Gasteiger partial charge in [0.25, 0.3) is 0 Å². The summed E-state index contributed by atoms with van der Waals surface area (Å²) in [5, 5.41) is 14.1. The Balaban J connectivity index is 1.50. The zero-order valence-corrected chi connectivity index (χ0v) is 22.7. The molecule has 1 aromatic carbocycles. The van der Waals surface area contributed by atoms with Crippen molar-refractivity contribution in [1.29, 1.82) is 0 Å². The first kappa shape index (κ1) is 26.8. The van der Waals surface area contributed by atoms with E-state index in [9.17, 15) is 13.2 Å². The molecule has 2 aliphatic carbocycles. The van der Waals surface area contributed by atoms with Gasteiger partial charge in [0.1, 0.15) is 10.6 Å². The number of anilines is 2. The molecular weight excluding hydrogens is 506 g/mol. The Morgan fingerprint density at radius 2 is 1.92 bits per heavy atom. The zero-order chi connectivity index (χ0) is 26.8. The standard InChI is InChI=1S/C27H37N5O5S/c1-19-18-37-16-14-32(19)24-17-23(27(11-2-3-12-27)38(35,36)22-9-10-22)30-25(31-24)20-5-7-21(8-6-20)29-26(34)28-13-4-15-33/h5-8,17,19,22,33H,2-4,9-16,18H2,1H3,(H2,28,29,34)/t19-/m0/s1. The lowest BCUT2D eigenvalue weighted by molar-refractivity contribution is 0.0985. The van der Waals surface area contributed by atoms with Crippen molar-refractivity contribution in [2.45, 2.75) is 67.9 Å². The minimum atomic E-state index is -3.37. The highest BCUT2D eigenvalue weighted by Crippen LogP contribution is 2.51. The fourth-order valence-corrected chi connectivity index (χ4v) is 8.15.